The molecule has 2 rings (SSSR count). The highest BCUT2D eigenvalue weighted by molar-refractivity contribution is 5.75. The van der Waals surface area contributed by atoms with Crippen molar-refractivity contribution < 1.29 is 14.3 Å². The van der Waals surface area contributed by atoms with E-state index >= 15 is 0 Å². The Morgan fingerprint density at radius 3 is 2.57 bits per heavy atom. The quantitative estimate of drug-likeness (QED) is 0.585. The van der Waals surface area contributed by atoms with Crippen LogP contribution in [0.4, 0.5) is 5.95 Å². The summed E-state index contributed by atoms with van der Waals surface area (Å²) in [5, 5.41) is 0. The monoisotopic (exact) mass is 291 g/mol. The van der Waals surface area contributed by atoms with Crippen molar-refractivity contribution >= 4 is 17.7 Å². The Morgan fingerprint density at radius 2 is 1.95 bits per heavy atom. The van der Waals surface area contributed by atoms with Crippen LogP contribution in [0.15, 0.2) is 18.5 Å². The lowest BCUT2D eigenvalue weighted by Gasteiger charge is -2.30. The Hall–Kier alpha value is -1.98. The fourth-order valence-corrected chi connectivity index (χ4v) is 2.38. The van der Waals surface area contributed by atoms with Crippen LogP contribution in [0.3, 0.4) is 0 Å². The number of hydrogen-bond acceptors (Lipinski definition) is 6. The molecule has 21 heavy (non-hydrogen) atoms. The van der Waals surface area contributed by atoms with E-state index in [9.17, 15) is 9.59 Å². The number of ketones is 1. The van der Waals surface area contributed by atoms with Gasteiger partial charge in [-0.25, -0.2) is 9.97 Å². The number of esters is 1. The second kappa shape index (κ2) is 7.71. The smallest absolute Gasteiger partial charge is 0.309 e. The molecule has 1 aromatic rings. The first-order chi connectivity index (χ1) is 10.2. The highest BCUT2D eigenvalue weighted by atomic mass is 16.5. The summed E-state index contributed by atoms with van der Waals surface area (Å²) in [6, 6.07) is 1.79. The van der Waals surface area contributed by atoms with E-state index in [1.54, 1.807) is 25.4 Å². The Kier molecular flexibility index (Phi) is 5.66. The van der Waals surface area contributed by atoms with Crippen molar-refractivity contribution in [1.29, 1.82) is 0 Å². The van der Waals surface area contributed by atoms with Crippen LogP contribution in [-0.4, -0.2) is 41.4 Å². The number of hydrogen-bond donors (Lipinski definition) is 0. The van der Waals surface area contributed by atoms with Crippen molar-refractivity contribution in [2.45, 2.75) is 32.6 Å². The first kappa shape index (κ1) is 15.4. The molecule has 0 unspecified atom stereocenters. The lowest BCUT2D eigenvalue weighted by atomic mass is 9.97. The molecule has 1 aliphatic heterocycles. The third-order valence-corrected chi connectivity index (χ3v) is 3.58. The maximum absolute atomic E-state index is 11.9. The van der Waals surface area contributed by atoms with Gasteiger partial charge >= 0.3 is 5.97 Å². The fourth-order valence-electron chi connectivity index (χ4n) is 2.38. The van der Waals surface area contributed by atoms with Crippen molar-refractivity contribution in [3.05, 3.63) is 18.5 Å². The molecule has 1 saturated heterocycles. The zero-order valence-electron chi connectivity index (χ0n) is 12.3. The van der Waals surface area contributed by atoms with E-state index in [2.05, 4.69) is 14.9 Å². The van der Waals surface area contributed by atoms with Crippen molar-refractivity contribution in [3.8, 4) is 0 Å². The topological polar surface area (TPSA) is 72.4 Å². The molecule has 0 spiro atoms. The highest BCUT2D eigenvalue weighted by Crippen LogP contribution is 2.21. The zero-order chi connectivity index (χ0) is 15.1. The van der Waals surface area contributed by atoms with Crippen LogP contribution in [0.2, 0.25) is 0 Å². The summed E-state index contributed by atoms with van der Waals surface area (Å²) in [5.74, 6) is 0.641. The molecule has 1 aromatic heterocycles. The van der Waals surface area contributed by atoms with E-state index in [-0.39, 0.29) is 17.7 Å². The molecule has 0 amide bonds. The molecule has 0 aromatic carbocycles. The van der Waals surface area contributed by atoms with E-state index in [1.165, 1.54) is 0 Å². The summed E-state index contributed by atoms with van der Waals surface area (Å²) in [6.45, 7) is 3.40. The van der Waals surface area contributed by atoms with Crippen LogP contribution in [0, 0.1) is 5.92 Å². The molecule has 114 valence electrons. The van der Waals surface area contributed by atoms with Gasteiger partial charge in [0.2, 0.25) is 5.95 Å². The van der Waals surface area contributed by atoms with Crippen molar-refractivity contribution in [3.63, 3.8) is 0 Å². The summed E-state index contributed by atoms with van der Waals surface area (Å²) in [4.78, 5) is 33.2. The molecule has 0 aliphatic carbocycles. The Bertz CT molecular complexity index is 470. The second-order valence-electron chi connectivity index (χ2n) is 5.28. The van der Waals surface area contributed by atoms with Gasteiger partial charge in [-0.05, 0) is 32.3 Å². The molecule has 1 aliphatic rings. The van der Waals surface area contributed by atoms with Crippen LogP contribution in [0.1, 0.15) is 32.6 Å². The average molecular weight is 291 g/mol. The molecular weight excluding hydrogens is 270 g/mol. The van der Waals surface area contributed by atoms with Crippen LogP contribution >= 0.6 is 0 Å². The van der Waals surface area contributed by atoms with E-state index < -0.39 is 0 Å². The molecule has 2 heterocycles. The lowest BCUT2D eigenvalue weighted by Crippen LogP contribution is -2.37. The third-order valence-electron chi connectivity index (χ3n) is 3.58. The van der Waals surface area contributed by atoms with Gasteiger partial charge in [-0.15, -0.1) is 0 Å². The number of anilines is 1. The molecular formula is C15H21N3O3. The standard InChI is InChI=1S/C15H21N3O3/c1-12(19)4-2-11-21-14(20)13-5-9-18(10-6-13)15-16-7-3-8-17-15/h3,7-8,13H,2,4-6,9-11H2,1H3. The van der Waals surface area contributed by atoms with Crippen LogP contribution in [0.25, 0.3) is 0 Å². The van der Waals surface area contributed by atoms with Gasteiger partial charge in [-0.1, -0.05) is 0 Å². The van der Waals surface area contributed by atoms with E-state index in [4.69, 9.17) is 4.74 Å². The summed E-state index contributed by atoms with van der Waals surface area (Å²) in [6.07, 6.45) is 6.03. The van der Waals surface area contributed by atoms with E-state index in [1.807, 2.05) is 0 Å². The minimum absolute atomic E-state index is 0.0534. The third kappa shape index (κ3) is 4.81. The Labute approximate surface area is 124 Å². The van der Waals surface area contributed by atoms with Crippen molar-refractivity contribution in [2.75, 3.05) is 24.6 Å². The number of piperidine rings is 1. The molecule has 0 atom stereocenters. The maximum Gasteiger partial charge on any atom is 0.309 e. The molecule has 6 heteroatoms. The van der Waals surface area contributed by atoms with Gasteiger partial charge in [-0.2, -0.15) is 0 Å². The molecule has 6 nitrogen and oxygen atoms in total. The van der Waals surface area contributed by atoms with Crippen molar-refractivity contribution in [2.24, 2.45) is 5.92 Å². The molecule has 0 saturated carbocycles. The van der Waals surface area contributed by atoms with Crippen LogP contribution in [0.5, 0.6) is 0 Å². The normalized spacial score (nSPS) is 15.8. The lowest BCUT2D eigenvalue weighted by molar-refractivity contribution is -0.149. The average Bonchev–Trinajstić information content (AvgIpc) is 2.52. The molecule has 0 radical (unpaired) electrons. The van der Waals surface area contributed by atoms with Gasteiger partial charge < -0.3 is 14.4 Å². The van der Waals surface area contributed by atoms with Crippen molar-refractivity contribution in [1.82, 2.24) is 9.97 Å². The highest BCUT2D eigenvalue weighted by Gasteiger charge is 2.27. The predicted octanol–water partition coefficient (Wildman–Crippen LogP) is 1.61. The van der Waals surface area contributed by atoms with Gasteiger partial charge in [0, 0.05) is 31.9 Å². The van der Waals surface area contributed by atoms with Gasteiger partial charge in [0.15, 0.2) is 0 Å². The van der Waals surface area contributed by atoms with Gasteiger partial charge in [0.05, 0.1) is 12.5 Å². The maximum atomic E-state index is 11.9. The predicted molar refractivity (Wildman–Crippen MR) is 77.8 cm³/mol. The SMILES string of the molecule is CC(=O)CCCOC(=O)C1CCN(c2ncccn2)CC1. The number of Topliss-reactive ketones (excluding diaryl/α,β-unsaturated/α-hetero) is 1. The largest absolute Gasteiger partial charge is 0.465 e. The zero-order valence-corrected chi connectivity index (χ0v) is 12.3. The first-order valence-electron chi connectivity index (χ1n) is 7.35. The number of carbonyl (C=O) groups excluding carboxylic acids is 2. The van der Waals surface area contributed by atoms with Gasteiger partial charge in [0.25, 0.3) is 0 Å². The Morgan fingerprint density at radius 1 is 1.29 bits per heavy atom. The summed E-state index contributed by atoms with van der Waals surface area (Å²) in [5.41, 5.74) is 0. The summed E-state index contributed by atoms with van der Waals surface area (Å²) in [7, 11) is 0. The van der Waals surface area contributed by atoms with Gasteiger partial charge in [0.1, 0.15) is 5.78 Å². The summed E-state index contributed by atoms with van der Waals surface area (Å²) >= 11 is 0. The minimum atomic E-state index is -0.146. The van der Waals surface area contributed by atoms with Gasteiger partial charge in [-0.3, -0.25) is 4.79 Å². The summed E-state index contributed by atoms with van der Waals surface area (Å²) < 4.78 is 5.23. The van der Waals surface area contributed by atoms with Crippen LogP contribution in [-0.2, 0) is 14.3 Å². The van der Waals surface area contributed by atoms with Crippen LogP contribution < -0.4 is 4.90 Å². The second-order valence-corrected chi connectivity index (χ2v) is 5.28. The number of aromatic nitrogens is 2. The number of nitrogens with zero attached hydrogens (tertiary/aromatic N) is 3. The number of ether oxygens (including phenoxy) is 1. The first-order valence-corrected chi connectivity index (χ1v) is 7.35. The fraction of sp³-hybridized carbons (Fsp3) is 0.600. The molecule has 0 N–H and O–H groups in total. The van der Waals surface area contributed by atoms with E-state index in [0.717, 1.165) is 25.9 Å². The van der Waals surface area contributed by atoms with E-state index in [0.29, 0.717) is 25.4 Å². The Balaban J connectivity index is 1.71. The molecule has 0 bridgehead atoms. The molecule has 1 fully saturated rings. The number of rotatable bonds is 6. The minimum Gasteiger partial charge on any atom is -0.465 e. The number of carbonyl (C=O) groups is 2.